The van der Waals surface area contributed by atoms with E-state index in [1.54, 1.807) is 0 Å². The molecule has 0 aliphatic rings. The molecule has 0 saturated heterocycles. The maximum absolute atomic E-state index is 5.14. The van der Waals surface area contributed by atoms with Crippen LogP contribution in [0, 0.1) is 0 Å². The molecule has 0 amide bonds. The van der Waals surface area contributed by atoms with Crippen molar-refractivity contribution in [3.63, 3.8) is 0 Å². The maximum Gasteiger partial charge on any atom is 0.160 e. The SMILES string of the molecule is c1ccc(-c2cc(-c3cccc4c3sc3ccccc34)nc(-c3cccc(-c4ccncc4)c3)n2)cc1. The van der Waals surface area contributed by atoms with E-state index in [0.717, 1.165) is 39.2 Å². The predicted molar refractivity (Wildman–Crippen MR) is 154 cm³/mol. The third kappa shape index (κ3) is 3.98. The van der Waals surface area contributed by atoms with Crippen LogP contribution in [0.4, 0.5) is 0 Å². The first-order valence-electron chi connectivity index (χ1n) is 12.2. The van der Waals surface area contributed by atoms with Gasteiger partial charge in [-0.1, -0.05) is 84.9 Å². The van der Waals surface area contributed by atoms with Gasteiger partial charge in [0.15, 0.2) is 5.82 Å². The molecule has 37 heavy (non-hydrogen) atoms. The van der Waals surface area contributed by atoms with Crippen LogP contribution in [-0.4, -0.2) is 15.0 Å². The molecule has 0 atom stereocenters. The van der Waals surface area contributed by atoms with Gasteiger partial charge in [0.2, 0.25) is 0 Å². The second-order valence-electron chi connectivity index (χ2n) is 8.93. The number of pyridine rings is 1. The van der Waals surface area contributed by atoms with Gasteiger partial charge in [-0.25, -0.2) is 9.97 Å². The number of aromatic nitrogens is 3. The molecule has 0 bridgehead atoms. The average Bonchev–Trinajstić information content (AvgIpc) is 3.37. The fourth-order valence-corrected chi connectivity index (χ4v) is 6.03. The van der Waals surface area contributed by atoms with Gasteiger partial charge in [0.05, 0.1) is 11.4 Å². The number of fused-ring (bicyclic) bond motifs is 3. The quantitative estimate of drug-likeness (QED) is 0.247. The van der Waals surface area contributed by atoms with E-state index in [9.17, 15) is 0 Å². The number of thiophene rings is 1. The van der Waals surface area contributed by atoms with Crippen LogP contribution in [0.25, 0.3) is 65.2 Å². The fourth-order valence-electron chi connectivity index (χ4n) is 4.80. The van der Waals surface area contributed by atoms with Crippen LogP contribution >= 0.6 is 11.3 Å². The van der Waals surface area contributed by atoms with Gasteiger partial charge in [0.1, 0.15) is 0 Å². The van der Waals surface area contributed by atoms with Crippen LogP contribution in [0.5, 0.6) is 0 Å². The summed E-state index contributed by atoms with van der Waals surface area (Å²) in [7, 11) is 0. The standard InChI is InChI=1S/C33H21N3S/c1-2-8-23(9-3-1)29-21-30(28-14-7-13-27-26-12-4-5-15-31(26)37-32(27)28)36-33(35-29)25-11-6-10-24(20-25)22-16-18-34-19-17-22/h1-21H. The maximum atomic E-state index is 5.14. The van der Waals surface area contributed by atoms with E-state index in [0.29, 0.717) is 5.82 Å². The number of benzene rings is 4. The Bertz CT molecular complexity index is 1880. The second kappa shape index (κ2) is 9.08. The van der Waals surface area contributed by atoms with Crippen LogP contribution in [0.2, 0.25) is 0 Å². The minimum atomic E-state index is 0.713. The Balaban J connectivity index is 1.45. The Hall–Kier alpha value is -4.67. The van der Waals surface area contributed by atoms with Gasteiger partial charge in [0.25, 0.3) is 0 Å². The molecule has 4 heteroatoms. The summed E-state index contributed by atoms with van der Waals surface area (Å²) in [6.07, 6.45) is 3.64. The average molecular weight is 492 g/mol. The van der Waals surface area contributed by atoms with Crippen molar-refractivity contribution >= 4 is 31.5 Å². The molecule has 0 N–H and O–H groups in total. The Morgan fingerprint density at radius 1 is 0.486 bits per heavy atom. The highest BCUT2D eigenvalue weighted by atomic mass is 32.1. The van der Waals surface area contributed by atoms with Gasteiger partial charge >= 0.3 is 0 Å². The summed E-state index contributed by atoms with van der Waals surface area (Å²) in [5.41, 5.74) is 7.25. The third-order valence-corrected chi connectivity index (χ3v) is 7.83. The molecule has 0 saturated carbocycles. The van der Waals surface area contributed by atoms with E-state index in [4.69, 9.17) is 9.97 Å². The molecule has 0 radical (unpaired) electrons. The Kier molecular flexibility index (Phi) is 5.30. The number of hydrogen-bond acceptors (Lipinski definition) is 4. The highest BCUT2D eigenvalue weighted by Gasteiger charge is 2.15. The normalized spacial score (nSPS) is 11.2. The first-order chi connectivity index (χ1) is 18.3. The molecule has 0 unspecified atom stereocenters. The lowest BCUT2D eigenvalue weighted by Gasteiger charge is -2.11. The first-order valence-corrected chi connectivity index (χ1v) is 13.0. The summed E-state index contributed by atoms with van der Waals surface area (Å²) in [6.45, 7) is 0. The second-order valence-corrected chi connectivity index (χ2v) is 9.98. The van der Waals surface area contributed by atoms with E-state index < -0.39 is 0 Å². The molecule has 0 aliphatic heterocycles. The van der Waals surface area contributed by atoms with E-state index in [1.807, 2.05) is 54.1 Å². The zero-order chi connectivity index (χ0) is 24.6. The molecule has 174 valence electrons. The number of nitrogens with zero attached hydrogens (tertiary/aromatic N) is 3. The van der Waals surface area contributed by atoms with Crippen molar-refractivity contribution < 1.29 is 0 Å². The van der Waals surface area contributed by atoms with Gasteiger partial charge in [-0.15, -0.1) is 11.3 Å². The highest BCUT2D eigenvalue weighted by molar-refractivity contribution is 7.26. The largest absolute Gasteiger partial charge is 0.265 e. The minimum absolute atomic E-state index is 0.713. The minimum Gasteiger partial charge on any atom is -0.265 e. The predicted octanol–water partition coefficient (Wildman–Crippen LogP) is 8.91. The van der Waals surface area contributed by atoms with E-state index in [1.165, 1.54) is 20.2 Å². The molecule has 0 spiro atoms. The van der Waals surface area contributed by atoms with E-state index in [2.05, 4.69) is 89.9 Å². The van der Waals surface area contributed by atoms with E-state index >= 15 is 0 Å². The van der Waals surface area contributed by atoms with Crippen molar-refractivity contribution in [3.8, 4) is 45.0 Å². The van der Waals surface area contributed by atoms with Crippen molar-refractivity contribution in [2.75, 3.05) is 0 Å². The monoisotopic (exact) mass is 491 g/mol. The van der Waals surface area contributed by atoms with Gasteiger partial charge in [-0.3, -0.25) is 4.98 Å². The summed E-state index contributed by atoms with van der Waals surface area (Å²) >= 11 is 1.82. The Morgan fingerprint density at radius 2 is 1.19 bits per heavy atom. The van der Waals surface area contributed by atoms with Crippen molar-refractivity contribution in [2.24, 2.45) is 0 Å². The van der Waals surface area contributed by atoms with Crippen molar-refractivity contribution in [1.29, 1.82) is 0 Å². The summed E-state index contributed by atoms with van der Waals surface area (Å²) < 4.78 is 2.53. The molecule has 4 aromatic carbocycles. The molecule has 7 rings (SSSR count). The fraction of sp³-hybridized carbons (Fsp3) is 0. The third-order valence-electron chi connectivity index (χ3n) is 6.61. The lowest BCUT2D eigenvalue weighted by molar-refractivity contribution is 1.19. The van der Waals surface area contributed by atoms with Gasteiger partial charge in [-0.05, 0) is 41.5 Å². The molecule has 0 aliphatic carbocycles. The van der Waals surface area contributed by atoms with Crippen LogP contribution in [0.3, 0.4) is 0 Å². The molecular weight excluding hydrogens is 470 g/mol. The molecule has 0 fully saturated rings. The zero-order valence-corrected chi connectivity index (χ0v) is 20.7. The lowest BCUT2D eigenvalue weighted by atomic mass is 10.0. The molecule has 3 nitrogen and oxygen atoms in total. The first kappa shape index (κ1) is 21.6. The molecule has 3 heterocycles. The summed E-state index contributed by atoms with van der Waals surface area (Å²) in [5, 5.41) is 2.55. The summed E-state index contributed by atoms with van der Waals surface area (Å²) in [6, 6.07) is 40.0. The van der Waals surface area contributed by atoms with Crippen LogP contribution < -0.4 is 0 Å². The number of rotatable bonds is 4. The number of hydrogen-bond donors (Lipinski definition) is 0. The van der Waals surface area contributed by atoms with Crippen molar-refractivity contribution in [2.45, 2.75) is 0 Å². The molecule has 7 aromatic rings. The Labute approximate surface area is 218 Å². The summed E-state index contributed by atoms with van der Waals surface area (Å²) in [5.74, 6) is 0.713. The zero-order valence-electron chi connectivity index (χ0n) is 19.9. The van der Waals surface area contributed by atoms with E-state index in [-0.39, 0.29) is 0 Å². The Morgan fingerprint density at radius 3 is 2.08 bits per heavy atom. The van der Waals surface area contributed by atoms with Gasteiger partial charge in [-0.2, -0.15) is 0 Å². The molecular formula is C33H21N3S. The lowest BCUT2D eigenvalue weighted by Crippen LogP contribution is -1.96. The van der Waals surface area contributed by atoms with Crippen LogP contribution in [-0.2, 0) is 0 Å². The highest BCUT2D eigenvalue weighted by Crippen LogP contribution is 2.40. The van der Waals surface area contributed by atoms with Crippen molar-refractivity contribution in [1.82, 2.24) is 15.0 Å². The summed E-state index contributed by atoms with van der Waals surface area (Å²) in [4.78, 5) is 14.3. The van der Waals surface area contributed by atoms with Gasteiger partial charge < -0.3 is 0 Å². The molecule has 3 aromatic heterocycles. The topological polar surface area (TPSA) is 38.7 Å². The van der Waals surface area contributed by atoms with Gasteiger partial charge in [0, 0.05) is 49.3 Å². The van der Waals surface area contributed by atoms with Crippen LogP contribution in [0.1, 0.15) is 0 Å². The van der Waals surface area contributed by atoms with Crippen molar-refractivity contribution in [3.05, 3.63) is 128 Å². The van der Waals surface area contributed by atoms with Crippen LogP contribution in [0.15, 0.2) is 128 Å². The smallest absolute Gasteiger partial charge is 0.160 e.